The van der Waals surface area contributed by atoms with Crippen LogP contribution in [0.2, 0.25) is 0 Å². The second-order valence-corrected chi connectivity index (χ2v) is 2.79. The molecule has 1 heterocycles. The van der Waals surface area contributed by atoms with Gasteiger partial charge in [0.05, 0.1) is 5.69 Å². The molecule has 0 bridgehead atoms. The zero-order chi connectivity index (χ0) is 9.84. The molecule has 13 heavy (non-hydrogen) atoms. The van der Waals surface area contributed by atoms with Gasteiger partial charge in [-0.3, -0.25) is 4.79 Å². The van der Waals surface area contributed by atoms with Gasteiger partial charge in [0.15, 0.2) is 0 Å². The van der Waals surface area contributed by atoms with E-state index in [-0.39, 0.29) is 10.9 Å². The Bertz CT molecular complexity index is 351. The van der Waals surface area contributed by atoms with Gasteiger partial charge in [-0.1, -0.05) is 18.3 Å². The van der Waals surface area contributed by atoms with Crippen molar-refractivity contribution in [3.63, 3.8) is 0 Å². The first-order valence-electron chi connectivity index (χ1n) is 3.64. The Kier molecular flexibility index (Phi) is 2.92. The molecule has 3 N–H and O–H groups in total. The second-order valence-electron chi connectivity index (χ2n) is 2.35. The van der Waals surface area contributed by atoms with Crippen molar-refractivity contribution in [3.05, 3.63) is 29.6 Å². The van der Waals surface area contributed by atoms with Crippen LogP contribution in [0, 0.1) is 0 Å². The SMILES string of the molecule is CNC(=O)c1cccc(C(N)=S)n1. The van der Waals surface area contributed by atoms with E-state index in [0.29, 0.717) is 11.4 Å². The van der Waals surface area contributed by atoms with Gasteiger partial charge in [-0.05, 0) is 12.1 Å². The van der Waals surface area contributed by atoms with Gasteiger partial charge in [0.25, 0.3) is 5.91 Å². The Hall–Kier alpha value is -1.49. The molecule has 0 radical (unpaired) electrons. The monoisotopic (exact) mass is 195 g/mol. The smallest absolute Gasteiger partial charge is 0.269 e. The lowest BCUT2D eigenvalue weighted by molar-refractivity contribution is 0.0958. The molecule has 0 unspecified atom stereocenters. The van der Waals surface area contributed by atoms with Crippen molar-refractivity contribution in [2.24, 2.45) is 5.73 Å². The number of thiocarbonyl (C=S) groups is 1. The lowest BCUT2D eigenvalue weighted by Gasteiger charge is -2.00. The molecular formula is C8H9N3OS. The van der Waals surface area contributed by atoms with E-state index in [9.17, 15) is 4.79 Å². The van der Waals surface area contributed by atoms with Gasteiger partial charge >= 0.3 is 0 Å². The third-order valence-corrected chi connectivity index (χ3v) is 1.67. The van der Waals surface area contributed by atoms with Crippen LogP contribution in [0.25, 0.3) is 0 Å². The number of aromatic nitrogens is 1. The average Bonchev–Trinajstić information content (AvgIpc) is 2.17. The summed E-state index contributed by atoms with van der Waals surface area (Å²) in [6, 6.07) is 4.95. The average molecular weight is 195 g/mol. The molecule has 1 amide bonds. The molecule has 5 heteroatoms. The number of nitrogens with one attached hydrogen (secondary N) is 1. The Labute approximate surface area is 81.2 Å². The van der Waals surface area contributed by atoms with Crippen LogP contribution >= 0.6 is 12.2 Å². The zero-order valence-electron chi connectivity index (χ0n) is 7.07. The number of nitrogens with zero attached hydrogens (tertiary/aromatic N) is 1. The molecule has 0 aliphatic heterocycles. The number of rotatable bonds is 2. The van der Waals surface area contributed by atoms with Crippen LogP contribution in [0.5, 0.6) is 0 Å². The largest absolute Gasteiger partial charge is 0.388 e. The zero-order valence-corrected chi connectivity index (χ0v) is 7.89. The lowest BCUT2D eigenvalue weighted by atomic mass is 10.3. The molecular weight excluding hydrogens is 186 g/mol. The van der Waals surface area contributed by atoms with Gasteiger partial charge in [-0.25, -0.2) is 4.98 Å². The third-order valence-electron chi connectivity index (χ3n) is 1.46. The first kappa shape index (κ1) is 9.60. The summed E-state index contributed by atoms with van der Waals surface area (Å²) in [5, 5.41) is 2.46. The second kappa shape index (κ2) is 3.95. The van der Waals surface area contributed by atoms with Crippen molar-refractivity contribution < 1.29 is 4.79 Å². The van der Waals surface area contributed by atoms with Gasteiger partial charge < -0.3 is 11.1 Å². The maximum atomic E-state index is 11.1. The van der Waals surface area contributed by atoms with Gasteiger partial charge in [0.1, 0.15) is 10.7 Å². The normalized spacial score (nSPS) is 9.31. The maximum Gasteiger partial charge on any atom is 0.269 e. The van der Waals surface area contributed by atoms with E-state index in [0.717, 1.165) is 0 Å². The summed E-state index contributed by atoms with van der Waals surface area (Å²) < 4.78 is 0. The van der Waals surface area contributed by atoms with Crippen LogP contribution in [0.3, 0.4) is 0 Å². The van der Waals surface area contributed by atoms with Crippen LogP contribution in [-0.4, -0.2) is 22.9 Å². The fourth-order valence-corrected chi connectivity index (χ4v) is 0.940. The first-order chi connectivity index (χ1) is 6.15. The highest BCUT2D eigenvalue weighted by Crippen LogP contribution is 1.98. The molecule has 4 nitrogen and oxygen atoms in total. The van der Waals surface area contributed by atoms with Crippen LogP contribution in [-0.2, 0) is 0 Å². The third kappa shape index (κ3) is 2.22. The summed E-state index contributed by atoms with van der Waals surface area (Å²) >= 11 is 4.73. The molecule has 0 atom stereocenters. The Morgan fingerprint density at radius 3 is 2.69 bits per heavy atom. The van der Waals surface area contributed by atoms with Crippen molar-refractivity contribution in [2.75, 3.05) is 7.05 Å². The van der Waals surface area contributed by atoms with Crippen LogP contribution in [0.15, 0.2) is 18.2 Å². The van der Waals surface area contributed by atoms with Crippen molar-refractivity contribution >= 4 is 23.1 Å². The quantitative estimate of drug-likeness (QED) is 0.655. The molecule has 0 aromatic carbocycles. The van der Waals surface area contributed by atoms with E-state index in [2.05, 4.69) is 10.3 Å². The summed E-state index contributed by atoms with van der Waals surface area (Å²) in [6.45, 7) is 0. The number of hydrogen-bond acceptors (Lipinski definition) is 3. The van der Waals surface area contributed by atoms with Crippen LogP contribution < -0.4 is 11.1 Å². The van der Waals surface area contributed by atoms with Crippen LogP contribution in [0.1, 0.15) is 16.2 Å². The fourth-order valence-electron chi connectivity index (χ4n) is 0.826. The molecule has 1 aromatic rings. The van der Waals surface area contributed by atoms with Crippen molar-refractivity contribution in [3.8, 4) is 0 Å². The Balaban J connectivity index is 3.05. The maximum absolute atomic E-state index is 11.1. The predicted octanol–water partition coefficient (Wildman–Crippen LogP) is 0.0754. The summed E-state index contributed by atoms with van der Waals surface area (Å²) in [5.41, 5.74) is 6.13. The fraction of sp³-hybridized carbons (Fsp3) is 0.125. The summed E-state index contributed by atoms with van der Waals surface area (Å²) in [7, 11) is 1.54. The van der Waals surface area contributed by atoms with Gasteiger partial charge in [0, 0.05) is 7.05 Å². The summed E-state index contributed by atoms with van der Waals surface area (Å²) in [6.07, 6.45) is 0. The van der Waals surface area contributed by atoms with Crippen molar-refractivity contribution in [2.45, 2.75) is 0 Å². The van der Waals surface area contributed by atoms with Gasteiger partial charge in [0.2, 0.25) is 0 Å². The molecule has 0 aliphatic carbocycles. The minimum Gasteiger partial charge on any atom is -0.388 e. The molecule has 0 fully saturated rings. The number of pyridine rings is 1. The Morgan fingerprint density at radius 2 is 2.15 bits per heavy atom. The minimum absolute atomic E-state index is 0.186. The lowest BCUT2D eigenvalue weighted by Crippen LogP contribution is -2.21. The summed E-state index contributed by atoms with van der Waals surface area (Å²) in [4.78, 5) is 15.3. The topological polar surface area (TPSA) is 68.0 Å². The van der Waals surface area contributed by atoms with E-state index >= 15 is 0 Å². The first-order valence-corrected chi connectivity index (χ1v) is 4.05. The van der Waals surface area contributed by atoms with Gasteiger partial charge in [-0.15, -0.1) is 0 Å². The minimum atomic E-state index is -0.252. The molecule has 0 saturated carbocycles. The molecule has 68 valence electrons. The van der Waals surface area contributed by atoms with Crippen molar-refractivity contribution in [1.82, 2.24) is 10.3 Å². The van der Waals surface area contributed by atoms with E-state index in [1.807, 2.05) is 0 Å². The number of hydrogen-bond donors (Lipinski definition) is 2. The molecule has 1 aromatic heterocycles. The number of carbonyl (C=O) groups excluding carboxylic acids is 1. The standard InChI is InChI=1S/C8H9N3OS/c1-10-8(12)6-4-2-3-5(11-6)7(9)13/h2-4H,1H3,(H2,9,13)(H,10,12). The molecule has 1 rings (SSSR count). The molecule has 0 aliphatic rings. The van der Waals surface area contributed by atoms with E-state index < -0.39 is 0 Å². The highest BCUT2D eigenvalue weighted by molar-refractivity contribution is 7.80. The number of carbonyl (C=O) groups is 1. The Morgan fingerprint density at radius 1 is 1.54 bits per heavy atom. The number of nitrogens with two attached hydrogens (primary N) is 1. The van der Waals surface area contributed by atoms with E-state index in [1.165, 1.54) is 7.05 Å². The van der Waals surface area contributed by atoms with Crippen molar-refractivity contribution in [1.29, 1.82) is 0 Å². The molecule has 0 saturated heterocycles. The van der Waals surface area contributed by atoms with Gasteiger partial charge in [-0.2, -0.15) is 0 Å². The van der Waals surface area contributed by atoms with E-state index in [4.69, 9.17) is 18.0 Å². The molecule has 0 spiro atoms. The summed E-state index contributed by atoms with van der Waals surface area (Å²) in [5.74, 6) is -0.252. The predicted molar refractivity (Wildman–Crippen MR) is 53.5 cm³/mol. The highest BCUT2D eigenvalue weighted by Gasteiger charge is 2.05. The highest BCUT2D eigenvalue weighted by atomic mass is 32.1. The van der Waals surface area contributed by atoms with E-state index in [1.54, 1.807) is 18.2 Å². The van der Waals surface area contributed by atoms with Crippen LogP contribution in [0.4, 0.5) is 0 Å². The number of amides is 1.